The van der Waals surface area contributed by atoms with Gasteiger partial charge in [-0.3, -0.25) is 14.4 Å². The van der Waals surface area contributed by atoms with E-state index in [9.17, 15) is 14.4 Å². The monoisotopic (exact) mass is 308 g/mol. The second-order valence-corrected chi connectivity index (χ2v) is 5.25. The number of carboxylic acid groups (broad SMARTS) is 1. The minimum atomic E-state index is -1.10. The molecule has 1 aromatic carbocycles. The zero-order valence-corrected chi connectivity index (χ0v) is 12.2. The molecule has 1 heterocycles. The Labute approximate surface area is 127 Å². The number of aliphatic carboxylic acids is 1. The van der Waals surface area contributed by atoms with Crippen molar-refractivity contribution in [3.8, 4) is 0 Å². The Morgan fingerprint density at radius 2 is 2.00 bits per heavy atom. The molecule has 0 spiro atoms. The van der Waals surface area contributed by atoms with Gasteiger partial charge in [-0.15, -0.1) is 0 Å². The molecule has 1 aromatic rings. The maximum absolute atomic E-state index is 11.9. The molecule has 1 atom stereocenters. The number of carbonyl (C=O) groups excluding carboxylic acids is 2. The predicted molar refractivity (Wildman–Crippen MR) is 80.7 cm³/mol. The molecule has 2 rings (SSSR count). The van der Waals surface area contributed by atoms with Crippen LogP contribution in [0.5, 0.6) is 0 Å². The van der Waals surface area contributed by atoms with E-state index < -0.39 is 18.4 Å². The van der Waals surface area contributed by atoms with Gasteiger partial charge in [0.2, 0.25) is 5.91 Å². The molecule has 1 fully saturated rings. The molecule has 0 aromatic heterocycles. The fourth-order valence-electron chi connectivity index (χ4n) is 2.20. The van der Waals surface area contributed by atoms with Crippen molar-refractivity contribution in [2.45, 2.75) is 6.42 Å². The van der Waals surface area contributed by atoms with Crippen LogP contribution < -0.4 is 10.2 Å². The van der Waals surface area contributed by atoms with Gasteiger partial charge in [-0.25, -0.2) is 0 Å². The van der Waals surface area contributed by atoms with Crippen molar-refractivity contribution in [1.82, 2.24) is 5.32 Å². The number of anilines is 1. The molecule has 0 aliphatic carbocycles. The van der Waals surface area contributed by atoms with E-state index in [-0.39, 0.29) is 11.8 Å². The predicted octanol–water partition coefficient (Wildman–Crippen LogP) is 0.784. The lowest BCUT2D eigenvalue weighted by atomic mass is 10.1. The summed E-state index contributed by atoms with van der Waals surface area (Å²) in [5.74, 6) is -0.584. The van der Waals surface area contributed by atoms with E-state index in [2.05, 4.69) is 17.9 Å². The third-order valence-electron chi connectivity index (χ3n) is 3.30. The number of carboxylic acids is 1. The van der Waals surface area contributed by atoms with Crippen molar-refractivity contribution in [1.29, 1.82) is 0 Å². The molecule has 1 unspecified atom stereocenters. The number of thiol groups is 1. The lowest BCUT2D eigenvalue weighted by Crippen LogP contribution is -2.29. The molecule has 1 aliphatic heterocycles. The molecule has 0 saturated carbocycles. The first-order chi connectivity index (χ1) is 10.0. The Hall–Kier alpha value is -2.02. The lowest BCUT2D eigenvalue weighted by molar-refractivity contribution is -0.135. The summed E-state index contributed by atoms with van der Waals surface area (Å²) in [7, 11) is 0. The Kier molecular flexibility index (Phi) is 4.85. The van der Waals surface area contributed by atoms with Crippen molar-refractivity contribution in [2.24, 2.45) is 5.92 Å². The highest BCUT2D eigenvalue weighted by Gasteiger charge is 2.29. The van der Waals surface area contributed by atoms with Crippen molar-refractivity contribution in [3.05, 3.63) is 29.8 Å². The van der Waals surface area contributed by atoms with E-state index in [1.807, 2.05) is 0 Å². The number of rotatable bonds is 5. The summed E-state index contributed by atoms with van der Waals surface area (Å²) in [6.07, 6.45) is 0.490. The Morgan fingerprint density at radius 1 is 1.33 bits per heavy atom. The van der Waals surface area contributed by atoms with Crippen LogP contribution >= 0.6 is 12.6 Å². The van der Waals surface area contributed by atoms with Crippen LogP contribution in [0.2, 0.25) is 0 Å². The molecule has 21 heavy (non-hydrogen) atoms. The van der Waals surface area contributed by atoms with Crippen LogP contribution in [0.25, 0.3) is 0 Å². The van der Waals surface area contributed by atoms with Crippen molar-refractivity contribution < 1.29 is 19.5 Å². The summed E-state index contributed by atoms with van der Waals surface area (Å²) in [5.41, 5.74) is 1.09. The van der Waals surface area contributed by atoms with Crippen LogP contribution in [0.3, 0.4) is 0 Å². The molecule has 7 heteroatoms. The molecule has 6 nitrogen and oxygen atoms in total. The Morgan fingerprint density at radius 3 is 2.52 bits per heavy atom. The molecule has 1 saturated heterocycles. The molecule has 1 aliphatic rings. The zero-order valence-electron chi connectivity index (χ0n) is 11.3. The van der Waals surface area contributed by atoms with Gasteiger partial charge >= 0.3 is 5.97 Å². The summed E-state index contributed by atoms with van der Waals surface area (Å²) in [5, 5.41) is 10.8. The first kappa shape index (κ1) is 15.4. The molecule has 112 valence electrons. The summed E-state index contributed by atoms with van der Waals surface area (Å²) in [6, 6.07) is 6.53. The highest BCUT2D eigenvalue weighted by atomic mass is 32.1. The third kappa shape index (κ3) is 3.75. The van der Waals surface area contributed by atoms with Crippen LogP contribution in [-0.2, 0) is 9.59 Å². The largest absolute Gasteiger partial charge is 0.480 e. The molecule has 2 amide bonds. The van der Waals surface area contributed by atoms with Crippen LogP contribution in [0.15, 0.2) is 24.3 Å². The average molecular weight is 308 g/mol. The number of nitrogens with one attached hydrogen (secondary N) is 1. The van der Waals surface area contributed by atoms with Gasteiger partial charge in [0.25, 0.3) is 5.91 Å². The van der Waals surface area contributed by atoms with E-state index >= 15 is 0 Å². The van der Waals surface area contributed by atoms with Crippen LogP contribution in [0, 0.1) is 5.92 Å². The normalized spacial score (nSPS) is 17.9. The maximum atomic E-state index is 11.9. The van der Waals surface area contributed by atoms with Gasteiger partial charge in [0.05, 0.1) is 0 Å². The minimum Gasteiger partial charge on any atom is -0.480 e. The Bertz CT molecular complexity index is 559. The summed E-state index contributed by atoms with van der Waals surface area (Å²) >= 11 is 4.21. The average Bonchev–Trinajstić information content (AvgIpc) is 2.86. The Balaban J connectivity index is 2.04. The number of amides is 2. The van der Waals surface area contributed by atoms with Gasteiger partial charge in [0.15, 0.2) is 0 Å². The number of carbonyl (C=O) groups is 3. The molecule has 0 radical (unpaired) electrons. The van der Waals surface area contributed by atoms with Crippen molar-refractivity contribution >= 4 is 36.1 Å². The van der Waals surface area contributed by atoms with Crippen LogP contribution in [0.4, 0.5) is 5.69 Å². The second-order valence-electron chi connectivity index (χ2n) is 4.88. The van der Waals surface area contributed by atoms with Gasteiger partial charge in [-0.1, -0.05) is 0 Å². The van der Waals surface area contributed by atoms with E-state index in [0.29, 0.717) is 24.3 Å². The van der Waals surface area contributed by atoms with Gasteiger partial charge in [0.1, 0.15) is 6.54 Å². The van der Waals surface area contributed by atoms with E-state index in [1.54, 1.807) is 29.2 Å². The third-order valence-corrected chi connectivity index (χ3v) is 3.82. The van der Waals surface area contributed by atoms with Crippen molar-refractivity contribution in [2.75, 3.05) is 23.7 Å². The summed E-state index contributed by atoms with van der Waals surface area (Å²) in [6.45, 7) is 0.210. The molecular formula is C14H16N2O4S. The van der Waals surface area contributed by atoms with Gasteiger partial charge in [0, 0.05) is 24.2 Å². The second kappa shape index (κ2) is 6.62. The van der Waals surface area contributed by atoms with Gasteiger partial charge in [-0.2, -0.15) is 12.6 Å². The smallest absolute Gasteiger partial charge is 0.322 e. The molecule has 0 bridgehead atoms. The number of hydrogen-bond donors (Lipinski definition) is 3. The minimum absolute atomic E-state index is 0.0529. The van der Waals surface area contributed by atoms with Gasteiger partial charge in [-0.05, 0) is 35.9 Å². The summed E-state index contributed by atoms with van der Waals surface area (Å²) < 4.78 is 0. The standard InChI is InChI=1S/C14H16N2O4S/c17-12-5-9(8-21)7-16(12)11-3-1-10(2-4-11)14(20)15-6-13(18)19/h1-4,9,21H,5-8H2,(H,15,20)(H,18,19). The topological polar surface area (TPSA) is 86.7 Å². The van der Waals surface area contributed by atoms with E-state index in [0.717, 1.165) is 5.69 Å². The first-order valence-electron chi connectivity index (χ1n) is 6.52. The fraction of sp³-hybridized carbons (Fsp3) is 0.357. The highest BCUT2D eigenvalue weighted by Crippen LogP contribution is 2.25. The van der Waals surface area contributed by atoms with E-state index in [4.69, 9.17) is 5.11 Å². The van der Waals surface area contributed by atoms with Crippen molar-refractivity contribution in [3.63, 3.8) is 0 Å². The van der Waals surface area contributed by atoms with Gasteiger partial charge < -0.3 is 15.3 Å². The fourth-order valence-corrected chi connectivity index (χ4v) is 2.45. The molecular weight excluding hydrogens is 292 g/mol. The lowest BCUT2D eigenvalue weighted by Gasteiger charge is -2.16. The highest BCUT2D eigenvalue weighted by molar-refractivity contribution is 7.80. The number of hydrogen-bond acceptors (Lipinski definition) is 4. The SMILES string of the molecule is O=C(O)CNC(=O)c1ccc(N2CC(CS)CC2=O)cc1. The number of benzene rings is 1. The maximum Gasteiger partial charge on any atom is 0.322 e. The number of nitrogens with zero attached hydrogens (tertiary/aromatic N) is 1. The summed E-state index contributed by atoms with van der Waals surface area (Å²) in [4.78, 5) is 35.6. The van der Waals surface area contributed by atoms with Crippen LogP contribution in [0.1, 0.15) is 16.8 Å². The molecule has 2 N–H and O–H groups in total. The zero-order chi connectivity index (χ0) is 15.4. The van der Waals surface area contributed by atoms with E-state index in [1.165, 1.54) is 0 Å². The first-order valence-corrected chi connectivity index (χ1v) is 7.15. The quantitative estimate of drug-likeness (QED) is 0.702. The van der Waals surface area contributed by atoms with Crippen LogP contribution in [-0.4, -0.2) is 41.7 Å².